The number of rotatable bonds is 5. The van der Waals surface area contributed by atoms with Gasteiger partial charge in [0.05, 0.1) is 5.39 Å². The Hall–Kier alpha value is -3.42. The Bertz CT molecular complexity index is 909. The molecule has 0 aliphatic heterocycles. The average molecular weight is 351 g/mol. The Balaban J connectivity index is 1.64. The summed E-state index contributed by atoms with van der Waals surface area (Å²) in [5, 5.41) is 9.66. The monoisotopic (exact) mass is 351 g/mol. The molecule has 8 heteroatoms. The zero-order valence-corrected chi connectivity index (χ0v) is 14.7. The van der Waals surface area contributed by atoms with Crippen LogP contribution in [0.1, 0.15) is 19.4 Å². The van der Waals surface area contributed by atoms with Gasteiger partial charge in [-0.1, -0.05) is 12.1 Å². The Kier molecular flexibility index (Phi) is 5.12. The molecule has 0 radical (unpaired) electrons. The van der Waals surface area contributed by atoms with Gasteiger partial charge in [-0.15, -0.1) is 0 Å². The maximum Gasteiger partial charge on any atom is 0.319 e. The third kappa shape index (κ3) is 4.35. The lowest BCUT2D eigenvalue weighted by molar-refractivity contribution is 0.250. The molecule has 0 saturated heterocycles. The topological polar surface area (TPSA) is 118 Å². The maximum atomic E-state index is 11.7. The highest BCUT2D eigenvalue weighted by Gasteiger charge is 2.06. The van der Waals surface area contributed by atoms with E-state index in [4.69, 9.17) is 5.73 Å². The summed E-state index contributed by atoms with van der Waals surface area (Å²) in [6, 6.07) is 11.0. The van der Waals surface area contributed by atoms with Crippen molar-refractivity contribution in [2.24, 2.45) is 0 Å². The summed E-state index contributed by atoms with van der Waals surface area (Å²) in [4.78, 5) is 24.3. The summed E-state index contributed by atoms with van der Waals surface area (Å²) in [6.07, 6.45) is 1.46. The molecule has 26 heavy (non-hydrogen) atoms. The van der Waals surface area contributed by atoms with Crippen LogP contribution in [0.2, 0.25) is 0 Å². The van der Waals surface area contributed by atoms with Crippen molar-refractivity contribution < 1.29 is 4.79 Å². The summed E-state index contributed by atoms with van der Waals surface area (Å²) in [5.74, 6) is 1.12. The third-order valence-corrected chi connectivity index (χ3v) is 3.61. The number of hydrogen-bond donors (Lipinski definition) is 4. The van der Waals surface area contributed by atoms with Crippen LogP contribution in [0.4, 0.5) is 22.1 Å². The minimum atomic E-state index is -0.217. The average Bonchev–Trinajstić information content (AvgIpc) is 2.60. The standard InChI is InChI=1S/C18H21N7O/c1-11(2)23-18(26)24-13-5-3-12(4-6-13)9-20-16-14-7-8-15(19)25-17(14)22-10-21-16/h3-8,10-11H,9H2,1-2H3,(H2,23,24,26)(H3,19,20,21,22,25). The number of fused-ring (bicyclic) bond motifs is 1. The number of nitrogens with one attached hydrogen (secondary N) is 3. The van der Waals surface area contributed by atoms with E-state index in [1.807, 2.05) is 44.2 Å². The lowest BCUT2D eigenvalue weighted by atomic mass is 10.2. The first-order valence-corrected chi connectivity index (χ1v) is 8.29. The molecule has 134 valence electrons. The van der Waals surface area contributed by atoms with E-state index in [-0.39, 0.29) is 12.1 Å². The second-order valence-electron chi connectivity index (χ2n) is 6.13. The van der Waals surface area contributed by atoms with Crippen LogP contribution in [0, 0.1) is 0 Å². The molecule has 0 spiro atoms. The SMILES string of the molecule is CC(C)NC(=O)Nc1ccc(CNc2ncnc3nc(N)ccc23)cc1. The molecule has 5 N–H and O–H groups in total. The first-order chi connectivity index (χ1) is 12.5. The number of benzene rings is 1. The van der Waals surface area contributed by atoms with Crippen LogP contribution >= 0.6 is 0 Å². The molecule has 2 amide bonds. The van der Waals surface area contributed by atoms with Crippen molar-refractivity contribution in [1.29, 1.82) is 0 Å². The van der Waals surface area contributed by atoms with Crippen LogP contribution in [-0.4, -0.2) is 27.0 Å². The number of carbonyl (C=O) groups is 1. The van der Waals surface area contributed by atoms with Crippen LogP contribution in [0.3, 0.4) is 0 Å². The largest absolute Gasteiger partial charge is 0.384 e. The number of urea groups is 1. The highest BCUT2D eigenvalue weighted by Crippen LogP contribution is 2.19. The number of nitrogens with two attached hydrogens (primary N) is 1. The number of nitrogen functional groups attached to an aromatic ring is 1. The number of nitrogens with zero attached hydrogens (tertiary/aromatic N) is 3. The van der Waals surface area contributed by atoms with Gasteiger partial charge in [-0.2, -0.15) is 0 Å². The molecule has 0 aliphatic carbocycles. The summed E-state index contributed by atoms with van der Waals surface area (Å²) in [7, 11) is 0. The van der Waals surface area contributed by atoms with Crippen LogP contribution in [0.15, 0.2) is 42.7 Å². The number of pyridine rings is 1. The van der Waals surface area contributed by atoms with E-state index in [1.54, 1.807) is 6.07 Å². The van der Waals surface area contributed by atoms with Gasteiger partial charge >= 0.3 is 6.03 Å². The van der Waals surface area contributed by atoms with E-state index in [0.717, 1.165) is 16.6 Å². The predicted molar refractivity (Wildman–Crippen MR) is 103 cm³/mol. The Morgan fingerprint density at radius 3 is 2.62 bits per heavy atom. The van der Waals surface area contributed by atoms with Gasteiger partial charge in [0.1, 0.15) is 18.0 Å². The normalized spacial score (nSPS) is 10.7. The first kappa shape index (κ1) is 17.4. The second kappa shape index (κ2) is 7.64. The lowest BCUT2D eigenvalue weighted by Crippen LogP contribution is -2.34. The second-order valence-corrected chi connectivity index (χ2v) is 6.13. The van der Waals surface area contributed by atoms with Crippen molar-refractivity contribution in [2.75, 3.05) is 16.4 Å². The maximum absolute atomic E-state index is 11.7. The van der Waals surface area contributed by atoms with Gasteiger partial charge < -0.3 is 21.7 Å². The Labute approximate surface area is 151 Å². The minimum Gasteiger partial charge on any atom is -0.384 e. The first-order valence-electron chi connectivity index (χ1n) is 8.29. The molecule has 3 rings (SSSR count). The van der Waals surface area contributed by atoms with E-state index < -0.39 is 0 Å². The Morgan fingerprint density at radius 1 is 1.12 bits per heavy atom. The van der Waals surface area contributed by atoms with E-state index in [9.17, 15) is 4.79 Å². The van der Waals surface area contributed by atoms with Crippen molar-refractivity contribution in [3.05, 3.63) is 48.3 Å². The number of carbonyl (C=O) groups excluding carboxylic acids is 1. The quantitative estimate of drug-likeness (QED) is 0.561. The zero-order chi connectivity index (χ0) is 18.5. The van der Waals surface area contributed by atoms with Crippen molar-refractivity contribution in [3.8, 4) is 0 Å². The fourth-order valence-corrected chi connectivity index (χ4v) is 2.42. The summed E-state index contributed by atoms with van der Waals surface area (Å²) in [5.41, 5.74) is 8.03. The minimum absolute atomic E-state index is 0.0889. The molecule has 0 unspecified atom stereocenters. The van der Waals surface area contributed by atoms with Crippen molar-refractivity contribution in [2.45, 2.75) is 26.4 Å². The van der Waals surface area contributed by atoms with Gasteiger partial charge in [0.25, 0.3) is 0 Å². The number of amides is 2. The summed E-state index contributed by atoms with van der Waals surface area (Å²) < 4.78 is 0. The molecule has 2 heterocycles. The van der Waals surface area contributed by atoms with Gasteiger partial charge in [0.2, 0.25) is 0 Å². The summed E-state index contributed by atoms with van der Waals surface area (Å²) in [6.45, 7) is 4.40. The molecule has 0 aliphatic rings. The van der Waals surface area contributed by atoms with E-state index >= 15 is 0 Å². The predicted octanol–water partition coefficient (Wildman–Crippen LogP) is 2.75. The molecular weight excluding hydrogens is 330 g/mol. The molecule has 8 nitrogen and oxygen atoms in total. The van der Waals surface area contributed by atoms with Gasteiger partial charge in [0.15, 0.2) is 5.65 Å². The van der Waals surface area contributed by atoms with Gasteiger partial charge in [-0.25, -0.2) is 19.7 Å². The molecule has 0 bridgehead atoms. The van der Waals surface area contributed by atoms with E-state index in [2.05, 4.69) is 30.9 Å². The molecular formula is C18H21N7O. The summed E-state index contributed by atoms with van der Waals surface area (Å²) >= 11 is 0. The van der Waals surface area contributed by atoms with Crippen LogP contribution in [-0.2, 0) is 6.54 Å². The van der Waals surface area contributed by atoms with E-state index in [1.165, 1.54) is 6.33 Å². The highest BCUT2D eigenvalue weighted by atomic mass is 16.2. The molecule has 2 aromatic heterocycles. The number of anilines is 3. The van der Waals surface area contributed by atoms with Gasteiger partial charge in [-0.05, 0) is 43.7 Å². The Morgan fingerprint density at radius 2 is 1.88 bits per heavy atom. The fourth-order valence-electron chi connectivity index (χ4n) is 2.42. The van der Waals surface area contributed by atoms with Gasteiger partial charge in [0, 0.05) is 18.3 Å². The zero-order valence-electron chi connectivity index (χ0n) is 14.7. The smallest absolute Gasteiger partial charge is 0.319 e. The molecule has 0 fully saturated rings. The fraction of sp³-hybridized carbons (Fsp3) is 0.222. The lowest BCUT2D eigenvalue weighted by Gasteiger charge is -2.11. The molecule has 0 atom stereocenters. The number of aromatic nitrogens is 3. The van der Waals surface area contributed by atoms with Crippen LogP contribution in [0.25, 0.3) is 11.0 Å². The van der Waals surface area contributed by atoms with Crippen molar-refractivity contribution in [3.63, 3.8) is 0 Å². The van der Waals surface area contributed by atoms with E-state index in [0.29, 0.717) is 23.8 Å². The molecule has 3 aromatic rings. The third-order valence-electron chi connectivity index (χ3n) is 3.61. The highest BCUT2D eigenvalue weighted by molar-refractivity contribution is 5.89. The van der Waals surface area contributed by atoms with Crippen LogP contribution in [0.5, 0.6) is 0 Å². The number of hydrogen-bond acceptors (Lipinski definition) is 6. The molecule has 0 saturated carbocycles. The van der Waals surface area contributed by atoms with Crippen molar-refractivity contribution in [1.82, 2.24) is 20.3 Å². The van der Waals surface area contributed by atoms with Crippen molar-refractivity contribution >= 4 is 34.4 Å². The van der Waals surface area contributed by atoms with Gasteiger partial charge in [-0.3, -0.25) is 0 Å². The molecule has 1 aromatic carbocycles. The van der Waals surface area contributed by atoms with Crippen LogP contribution < -0.4 is 21.7 Å².